The van der Waals surface area contributed by atoms with Crippen LogP contribution in [-0.2, 0) is 9.59 Å². The number of anilines is 2. The van der Waals surface area contributed by atoms with Crippen LogP contribution in [0.5, 0.6) is 5.75 Å². The number of nitrogens with one attached hydrogen (secondary N) is 1. The zero-order valence-corrected chi connectivity index (χ0v) is 16.1. The maximum Gasteiger partial charge on any atom is 0.260 e. The Balaban J connectivity index is 1.49. The Morgan fingerprint density at radius 3 is 2.66 bits per heavy atom. The zero-order valence-electron chi connectivity index (χ0n) is 16.1. The van der Waals surface area contributed by atoms with E-state index in [1.54, 1.807) is 43.2 Å². The van der Waals surface area contributed by atoms with E-state index in [1.807, 2.05) is 24.3 Å². The third kappa shape index (κ3) is 3.82. The van der Waals surface area contributed by atoms with E-state index in [1.165, 1.54) is 0 Å². The third-order valence-corrected chi connectivity index (χ3v) is 4.82. The number of benzene rings is 2. The number of aryl methyl sites for hydroxylation is 1. The molecule has 0 saturated carbocycles. The van der Waals surface area contributed by atoms with Crippen LogP contribution in [0.2, 0.25) is 0 Å². The van der Waals surface area contributed by atoms with E-state index in [0.29, 0.717) is 35.3 Å². The Hall–Kier alpha value is -3.68. The Morgan fingerprint density at radius 1 is 1.21 bits per heavy atom. The summed E-state index contributed by atoms with van der Waals surface area (Å²) < 4.78 is 10.4. The highest BCUT2D eigenvalue weighted by molar-refractivity contribution is 6.04. The Bertz CT molecular complexity index is 1040. The lowest BCUT2D eigenvalue weighted by molar-refractivity contribution is -0.122. The van der Waals surface area contributed by atoms with Gasteiger partial charge in [0.25, 0.3) is 5.89 Å². The Labute approximate surface area is 167 Å². The summed E-state index contributed by atoms with van der Waals surface area (Å²) in [5.41, 5.74) is 1.95. The second-order valence-electron chi connectivity index (χ2n) is 6.78. The number of amides is 2. The van der Waals surface area contributed by atoms with Crippen LogP contribution in [0.25, 0.3) is 11.5 Å². The Kier molecular flexibility index (Phi) is 4.99. The molecule has 1 unspecified atom stereocenters. The van der Waals surface area contributed by atoms with E-state index in [9.17, 15) is 9.59 Å². The van der Waals surface area contributed by atoms with Gasteiger partial charge in [0.1, 0.15) is 5.75 Å². The number of rotatable bonds is 5. The highest BCUT2D eigenvalue weighted by Gasteiger charge is 2.35. The molecule has 8 nitrogen and oxygen atoms in total. The van der Waals surface area contributed by atoms with E-state index in [0.717, 1.165) is 5.69 Å². The average Bonchev–Trinajstić information content (AvgIpc) is 3.34. The van der Waals surface area contributed by atoms with Crippen LogP contribution in [-0.4, -0.2) is 35.6 Å². The fraction of sp³-hybridized carbons (Fsp3) is 0.238. The SMILES string of the molecule is COc1ccc(N2CC(C(=O)Nc3ccccc3-c3nc(C)no3)CC2=O)cc1. The minimum absolute atomic E-state index is 0.0869. The van der Waals surface area contributed by atoms with Gasteiger partial charge in [0.15, 0.2) is 5.82 Å². The van der Waals surface area contributed by atoms with Crippen LogP contribution in [0.3, 0.4) is 0 Å². The molecule has 1 atom stereocenters. The van der Waals surface area contributed by atoms with Crippen molar-refractivity contribution in [1.29, 1.82) is 0 Å². The van der Waals surface area contributed by atoms with Gasteiger partial charge >= 0.3 is 0 Å². The summed E-state index contributed by atoms with van der Waals surface area (Å²) in [5, 5.41) is 6.70. The van der Waals surface area contributed by atoms with Crippen molar-refractivity contribution >= 4 is 23.2 Å². The van der Waals surface area contributed by atoms with Crippen LogP contribution in [0.1, 0.15) is 12.2 Å². The molecule has 3 aromatic rings. The molecule has 2 amide bonds. The minimum Gasteiger partial charge on any atom is -0.497 e. The molecule has 1 N–H and O–H groups in total. The third-order valence-electron chi connectivity index (χ3n) is 4.82. The predicted octanol–water partition coefficient (Wildman–Crippen LogP) is 3.05. The van der Waals surface area contributed by atoms with E-state index in [4.69, 9.17) is 9.26 Å². The first-order valence-corrected chi connectivity index (χ1v) is 9.20. The van der Waals surface area contributed by atoms with Crippen LogP contribution < -0.4 is 15.0 Å². The van der Waals surface area contributed by atoms with E-state index in [-0.39, 0.29) is 18.2 Å². The van der Waals surface area contributed by atoms with Gasteiger partial charge in [-0.1, -0.05) is 17.3 Å². The first-order chi connectivity index (χ1) is 14.0. The Morgan fingerprint density at radius 2 is 1.97 bits per heavy atom. The lowest BCUT2D eigenvalue weighted by Crippen LogP contribution is -2.28. The molecule has 1 saturated heterocycles. The van der Waals surface area contributed by atoms with Gasteiger partial charge in [0.05, 0.1) is 24.3 Å². The number of hydrogen-bond acceptors (Lipinski definition) is 6. The molecule has 0 radical (unpaired) electrons. The summed E-state index contributed by atoms with van der Waals surface area (Å²) in [6, 6.07) is 14.4. The fourth-order valence-corrected chi connectivity index (χ4v) is 3.31. The van der Waals surface area contributed by atoms with Crippen molar-refractivity contribution < 1.29 is 18.8 Å². The van der Waals surface area contributed by atoms with Crippen LogP contribution in [0.4, 0.5) is 11.4 Å². The number of carbonyl (C=O) groups excluding carboxylic acids is 2. The summed E-state index contributed by atoms with van der Waals surface area (Å²) in [6.45, 7) is 2.05. The number of carbonyl (C=O) groups is 2. The second kappa shape index (κ2) is 7.75. The van der Waals surface area contributed by atoms with Crippen LogP contribution in [0, 0.1) is 12.8 Å². The summed E-state index contributed by atoms with van der Waals surface area (Å²) in [4.78, 5) is 31.2. The standard InChI is InChI=1S/C21H20N4O4/c1-13-22-21(29-24-13)17-5-3-4-6-18(17)23-20(27)14-11-19(26)25(12-14)15-7-9-16(28-2)10-8-15/h3-10,14H,11-12H2,1-2H3,(H,23,27). The normalized spacial score (nSPS) is 16.1. The van der Waals surface area contributed by atoms with E-state index >= 15 is 0 Å². The molecule has 1 fully saturated rings. The maximum absolute atomic E-state index is 12.8. The number of nitrogens with zero attached hydrogens (tertiary/aromatic N) is 3. The zero-order chi connectivity index (χ0) is 20.4. The molecule has 0 aliphatic carbocycles. The minimum atomic E-state index is -0.456. The van der Waals surface area contributed by atoms with Gasteiger partial charge in [-0.15, -0.1) is 0 Å². The summed E-state index contributed by atoms with van der Waals surface area (Å²) >= 11 is 0. The molecule has 1 aliphatic heterocycles. The molecule has 1 aromatic heterocycles. The summed E-state index contributed by atoms with van der Waals surface area (Å²) in [5.74, 6) is 0.789. The number of para-hydroxylation sites is 1. The first-order valence-electron chi connectivity index (χ1n) is 9.20. The number of hydrogen-bond donors (Lipinski definition) is 1. The van der Waals surface area contributed by atoms with Crippen molar-refractivity contribution in [2.45, 2.75) is 13.3 Å². The first kappa shape index (κ1) is 18.7. The van der Waals surface area contributed by atoms with Gasteiger partial charge in [0.2, 0.25) is 11.8 Å². The van der Waals surface area contributed by atoms with E-state index < -0.39 is 5.92 Å². The van der Waals surface area contributed by atoms with Gasteiger partial charge in [-0.25, -0.2) is 0 Å². The molecular weight excluding hydrogens is 372 g/mol. The highest BCUT2D eigenvalue weighted by atomic mass is 16.5. The second-order valence-corrected chi connectivity index (χ2v) is 6.78. The highest BCUT2D eigenvalue weighted by Crippen LogP contribution is 2.30. The molecule has 148 valence electrons. The molecule has 29 heavy (non-hydrogen) atoms. The van der Waals surface area contributed by atoms with Crippen molar-refractivity contribution in [2.75, 3.05) is 23.9 Å². The molecule has 2 aromatic carbocycles. The van der Waals surface area contributed by atoms with Crippen molar-refractivity contribution in [3.63, 3.8) is 0 Å². The smallest absolute Gasteiger partial charge is 0.260 e. The molecular formula is C21H20N4O4. The summed E-state index contributed by atoms with van der Waals surface area (Å²) in [6.07, 6.45) is 0.152. The van der Waals surface area contributed by atoms with Gasteiger partial charge in [-0.2, -0.15) is 4.98 Å². The monoisotopic (exact) mass is 392 g/mol. The van der Waals surface area contributed by atoms with Gasteiger partial charge in [-0.3, -0.25) is 9.59 Å². The molecule has 8 heteroatoms. The quantitative estimate of drug-likeness (QED) is 0.717. The predicted molar refractivity (Wildman–Crippen MR) is 107 cm³/mol. The fourth-order valence-electron chi connectivity index (χ4n) is 3.31. The van der Waals surface area contributed by atoms with Gasteiger partial charge < -0.3 is 19.5 Å². The lowest BCUT2D eigenvalue weighted by Gasteiger charge is -2.17. The molecule has 0 bridgehead atoms. The van der Waals surface area contributed by atoms with Gasteiger partial charge in [-0.05, 0) is 43.3 Å². The maximum atomic E-state index is 12.8. The molecule has 0 spiro atoms. The molecule has 1 aliphatic rings. The van der Waals surface area contributed by atoms with Gasteiger partial charge in [0, 0.05) is 18.7 Å². The van der Waals surface area contributed by atoms with Crippen molar-refractivity contribution in [3.8, 4) is 17.2 Å². The van der Waals surface area contributed by atoms with Crippen LogP contribution in [0.15, 0.2) is 53.1 Å². The average molecular weight is 392 g/mol. The largest absolute Gasteiger partial charge is 0.497 e. The molecule has 4 rings (SSSR count). The number of methoxy groups -OCH3 is 1. The number of aromatic nitrogens is 2. The van der Waals surface area contributed by atoms with Crippen LogP contribution >= 0.6 is 0 Å². The topological polar surface area (TPSA) is 97.6 Å². The lowest BCUT2D eigenvalue weighted by atomic mass is 10.1. The van der Waals surface area contributed by atoms with Crippen molar-refractivity contribution in [2.24, 2.45) is 5.92 Å². The summed E-state index contributed by atoms with van der Waals surface area (Å²) in [7, 11) is 1.59. The number of ether oxygens (including phenoxy) is 1. The van der Waals surface area contributed by atoms with E-state index in [2.05, 4.69) is 15.5 Å². The van der Waals surface area contributed by atoms with Crippen molar-refractivity contribution in [1.82, 2.24) is 10.1 Å². The molecule has 2 heterocycles. The van der Waals surface area contributed by atoms with Crippen molar-refractivity contribution in [3.05, 3.63) is 54.4 Å².